The number of nitrogens with zero attached hydrogens (tertiary/aromatic N) is 4. The average molecular weight is 337 g/mol. The van der Waals surface area contributed by atoms with Gasteiger partial charge in [-0.2, -0.15) is 0 Å². The lowest BCUT2D eigenvalue weighted by atomic mass is 10.2. The lowest BCUT2D eigenvalue weighted by Gasteiger charge is -2.07. The molecule has 0 unspecified atom stereocenters. The van der Waals surface area contributed by atoms with Crippen molar-refractivity contribution in [1.29, 1.82) is 0 Å². The van der Waals surface area contributed by atoms with Gasteiger partial charge in [-0.05, 0) is 40.6 Å². The Hall–Kier alpha value is -3.06. The Bertz CT molecular complexity index is 790. The quantitative estimate of drug-likeness (QED) is 0.636. The van der Waals surface area contributed by atoms with Crippen LogP contribution in [0.2, 0.25) is 0 Å². The summed E-state index contributed by atoms with van der Waals surface area (Å²) in [5.41, 5.74) is 2.45. The number of hydrogen-bond acceptors (Lipinski definition) is 5. The molecule has 3 aromatic rings. The van der Waals surface area contributed by atoms with Crippen molar-refractivity contribution < 1.29 is 9.53 Å². The molecule has 0 atom stereocenters. The number of ether oxygens (including phenoxy) is 1. The second-order valence-corrected chi connectivity index (χ2v) is 5.45. The van der Waals surface area contributed by atoms with E-state index < -0.39 is 0 Å². The van der Waals surface area contributed by atoms with Gasteiger partial charge in [-0.25, -0.2) is 4.68 Å². The van der Waals surface area contributed by atoms with Crippen LogP contribution in [-0.2, 0) is 11.3 Å². The molecule has 0 aliphatic heterocycles. The topological polar surface area (TPSA) is 81.9 Å². The fourth-order valence-electron chi connectivity index (χ4n) is 2.31. The van der Waals surface area contributed by atoms with E-state index in [0.29, 0.717) is 25.3 Å². The number of hydrogen-bond donors (Lipinski definition) is 1. The van der Waals surface area contributed by atoms with Gasteiger partial charge in [0.05, 0.1) is 12.3 Å². The summed E-state index contributed by atoms with van der Waals surface area (Å²) >= 11 is 0. The number of aromatic nitrogens is 4. The molecular formula is C18H19N5O2. The zero-order valence-electron chi connectivity index (χ0n) is 13.7. The Balaban J connectivity index is 1.40. The molecule has 0 aliphatic carbocycles. The highest BCUT2D eigenvalue weighted by atomic mass is 16.5. The van der Waals surface area contributed by atoms with Gasteiger partial charge in [0.1, 0.15) is 6.33 Å². The van der Waals surface area contributed by atoms with E-state index in [1.165, 1.54) is 11.0 Å². The summed E-state index contributed by atoms with van der Waals surface area (Å²) in [6.07, 6.45) is 2.24. The molecule has 0 fully saturated rings. The van der Waals surface area contributed by atoms with Crippen molar-refractivity contribution in [3.05, 3.63) is 72.1 Å². The monoisotopic (exact) mass is 337 g/mol. The van der Waals surface area contributed by atoms with Gasteiger partial charge in [-0.3, -0.25) is 4.79 Å². The molecule has 1 aromatic heterocycles. The predicted molar refractivity (Wildman–Crippen MR) is 92.2 cm³/mol. The zero-order valence-corrected chi connectivity index (χ0v) is 13.7. The molecule has 0 saturated heterocycles. The SMILES string of the molecule is O=C(NCCCOCc1ccccc1)c1cccc(-n2cnnn2)c1. The van der Waals surface area contributed by atoms with Crippen LogP contribution >= 0.6 is 0 Å². The van der Waals surface area contributed by atoms with Gasteiger partial charge >= 0.3 is 0 Å². The van der Waals surface area contributed by atoms with Gasteiger partial charge < -0.3 is 10.1 Å². The van der Waals surface area contributed by atoms with Gasteiger partial charge in [0.25, 0.3) is 5.91 Å². The zero-order chi connectivity index (χ0) is 17.3. The van der Waals surface area contributed by atoms with Gasteiger partial charge in [-0.15, -0.1) is 5.10 Å². The molecule has 1 heterocycles. The lowest BCUT2D eigenvalue weighted by molar-refractivity contribution is 0.0934. The Morgan fingerprint density at radius 3 is 2.80 bits per heavy atom. The fraction of sp³-hybridized carbons (Fsp3) is 0.222. The number of amides is 1. The largest absolute Gasteiger partial charge is 0.377 e. The van der Waals surface area contributed by atoms with Crippen LogP contribution in [0.15, 0.2) is 60.9 Å². The number of carbonyl (C=O) groups is 1. The van der Waals surface area contributed by atoms with Crippen LogP contribution in [0.5, 0.6) is 0 Å². The molecule has 25 heavy (non-hydrogen) atoms. The highest BCUT2D eigenvalue weighted by Crippen LogP contribution is 2.08. The number of nitrogens with one attached hydrogen (secondary N) is 1. The Morgan fingerprint density at radius 1 is 1.12 bits per heavy atom. The van der Waals surface area contributed by atoms with Crippen molar-refractivity contribution in [2.75, 3.05) is 13.2 Å². The van der Waals surface area contributed by atoms with Crippen molar-refractivity contribution in [2.24, 2.45) is 0 Å². The van der Waals surface area contributed by atoms with E-state index in [-0.39, 0.29) is 5.91 Å². The average Bonchev–Trinajstić information content (AvgIpc) is 3.20. The first-order valence-electron chi connectivity index (χ1n) is 8.06. The smallest absolute Gasteiger partial charge is 0.251 e. The minimum atomic E-state index is -0.127. The molecule has 0 aliphatic rings. The van der Waals surface area contributed by atoms with Crippen molar-refractivity contribution >= 4 is 5.91 Å². The Kier molecular flexibility index (Phi) is 5.84. The second-order valence-electron chi connectivity index (χ2n) is 5.45. The normalized spacial score (nSPS) is 10.6. The van der Waals surface area contributed by atoms with Gasteiger partial charge in [-0.1, -0.05) is 36.4 Å². The summed E-state index contributed by atoms with van der Waals surface area (Å²) in [6, 6.07) is 17.2. The molecule has 128 valence electrons. The number of carbonyl (C=O) groups excluding carboxylic acids is 1. The summed E-state index contributed by atoms with van der Waals surface area (Å²) in [5, 5.41) is 13.9. The molecule has 0 saturated carbocycles. The third-order valence-electron chi connectivity index (χ3n) is 3.58. The van der Waals surface area contributed by atoms with Crippen LogP contribution in [0.3, 0.4) is 0 Å². The van der Waals surface area contributed by atoms with E-state index in [0.717, 1.165) is 17.7 Å². The minimum absolute atomic E-state index is 0.127. The van der Waals surface area contributed by atoms with Crippen LogP contribution in [-0.4, -0.2) is 39.3 Å². The van der Waals surface area contributed by atoms with Crippen LogP contribution in [0, 0.1) is 0 Å². The maximum absolute atomic E-state index is 12.2. The van der Waals surface area contributed by atoms with Crippen molar-refractivity contribution in [3.8, 4) is 5.69 Å². The molecule has 0 spiro atoms. The number of rotatable bonds is 8. The Labute approximate surface area is 145 Å². The first-order chi connectivity index (χ1) is 12.3. The standard InChI is InChI=1S/C18H19N5O2/c24-18(16-8-4-9-17(12-16)23-14-20-21-22-23)19-10-5-11-25-13-15-6-2-1-3-7-15/h1-4,6-9,12,14H,5,10-11,13H2,(H,19,24). The predicted octanol–water partition coefficient (Wildman–Crippen LogP) is 2.00. The lowest BCUT2D eigenvalue weighted by Crippen LogP contribution is -2.25. The summed E-state index contributed by atoms with van der Waals surface area (Å²) in [5.74, 6) is -0.127. The molecule has 1 amide bonds. The molecule has 7 heteroatoms. The third kappa shape index (κ3) is 4.95. The van der Waals surface area contributed by atoms with Crippen LogP contribution in [0.25, 0.3) is 5.69 Å². The molecule has 7 nitrogen and oxygen atoms in total. The first-order valence-corrected chi connectivity index (χ1v) is 8.06. The van der Waals surface area contributed by atoms with E-state index in [9.17, 15) is 4.79 Å². The fourth-order valence-corrected chi connectivity index (χ4v) is 2.31. The third-order valence-corrected chi connectivity index (χ3v) is 3.58. The molecule has 0 bridgehead atoms. The summed E-state index contributed by atoms with van der Waals surface area (Å²) in [6.45, 7) is 1.74. The second kappa shape index (κ2) is 8.70. The number of tetrazole rings is 1. The van der Waals surface area contributed by atoms with E-state index in [1.54, 1.807) is 18.2 Å². The van der Waals surface area contributed by atoms with E-state index in [1.807, 2.05) is 36.4 Å². The van der Waals surface area contributed by atoms with Crippen LogP contribution < -0.4 is 5.32 Å². The maximum Gasteiger partial charge on any atom is 0.251 e. The van der Waals surface area contributed by atoms with Crippen LogP contribution in [0.1, 0.15) is 22.3 Å². The summed E-state index contributed by atoms with van der Waals surface area (Å²) < 4.78 is 7.11. The molecule has 0 radical (unpaired) electrons. The molecule has 3 rings (SSSR count). The highest BCUT2D eigenvalue weighted by Gasteiger charge is 2.07. The molecule has 1 N–H and O–H groups in total. The summed E-state index contributed by atoms with van der Waals surface area (Å²) in [4.78, 5) is 12.2. The first kappa shape index (κ1) is 16.8. The highest BCUT2D eigenvalue weighted by molar-refractivity contribution is 5.94. The minimum Gasteiger partial charge on any atom is -0.377 e. The van der Waals surface area contributed by atoms with E-state index in [2.05, 4.69) is 20.8 Å². The van der Waals surface area contributed by atoms with Crippen molar-refractivity contribution in [2.45, 2.75) is 13.0 Å². The van der Waals surface area contributed by atoms with E-state index in [4.69, 9.17) is 4.74 Å². The van der Waals surface area contributed by atoms with E-state index >= 15 is 0 Å². The van der Waals surface area contributed by atoms with Gasteiger partial charge in [0.15, 0.2) is 0 Å². The van der Waals surface area contributed by atoms with Crippen molar-refractivity contribution in [3.63, 3.8) is 0 Å². The van der Waals surface area contributed by atoms with Gasteiger partial charge in [0, 0.05) is 18.7 Å². The Morgan fingerprint density at radius 2 is 2.00 bits per heavy atom. The molecule has 2 aromatic carbocycles. The van der Waals surface area contributed by atoms with Crippen LogP contribution in [0.4, 0.5) is 0 Å². The maximum atomic E-state index is 12.2. The van der Waals surface area contributed by atoms with Gasteiger partial charge in [0.2, 0.25) is 0 Å². The summed E-state index contributed by atoms with van der Waals surface area (Å²) in [7, 11) is 0. The molecular weight excluding hydrogens is 318 g/mol. The number of benzene rings is 2. The van der Waals surface area contributed by atoms with Crippen molar-refractivity contribution in [1.82, 2.24) is 25.5 Å².